The van der Waals surface area contributed by atoms with E-state index in [-0.39, 0.29) is 11.2 Å². The number of carbonyl (C=O) groups is 1. The van der Waals surface area contributed by atoms with Crippen LogP contribution in [-0.2, 0) is 16.1 Å². The summed E-state index contributed by atoms with van der Waals surface area (Å²) in [7, 11) is 0. The van der Waals surface area contributed by atoms with Gasteiger partial charge in [0.2, 0.25) is 5.91 Å². The van der Waals surface area contributed by atoms with Crippen LogP contribution in [-0.4, -0.2) is 44.1 Å². The van der Waals surface area contributed by atoms with Crippen molar-refractivity contribution in [1.29, 1.82) is 0 Å². The van der Waals surface area contributed by atoms with Crippen molar-refractivity contribution in [3.63, 3.8) is 0 Å². The zero-order valence-electron chi connectivity index (χ0n) is 19.1. The molecule has 170 valence electrons. The molecule has 1 unspecified atom stereocenters. The number of thioether (sulfide) groups is 1. The molecule has 8 heteroatoms. The SMILES string of the molecule is CCOCCCn1c(SC(C)C(=O)Nc2ccccc2C(C)C)nnc1-c1ccncc1. The number of nitrogens with one attached hydrogen (secondary N) is 1. The maximum absolute atomic E-state index is 13.0. The topological polar surface area (TPSA) is 81.9 Å². The van der Waals surface area contributed by atoms with Crippen molar-refractivity contribution in [3.8, 4) is 11.4 Å². The van der Waals surface area contributed by atoms with Gasteiger partial charge in [-0.3, -0.25) is 9.78 Å². The number of para-hydroxylation sites is 1. The number of ether oxygens (including phenoxy) is 1. The van der Waals surface area contributed by atoms with Crippen molar-refractivity contribution in [2.45, 2.75) is 57.0 Å². The molecule has 0 bridgehead atoms. The highest BCUT2D eigenvalue weighted by Crippen LogP contribution is 2.29. The third kappa shape index (κ3) is 6.17. The Bertz CT molecular complexity index is 1010. The molecule has 0 saturated heterocycles. The number of aromatic nitrogens is 4. The van der Waals surface area contributed by atoms with Crippen molar-refractivity contribution in [2.24, 2.45) is 0 Å². The molecule has 7 nitrogen and oxygen atoms in total. The van der Waals surface area contributed by atoms with Crippen LogP contribution in [0.25, 0.3) is 11.4 Å². The summed E-state index contributed by atoms with van der Waals surface area (Å²) < 4.78 is 7.56. The van der Waals surface area contributed by atoms with Crippen molar-refractivity contribution in [2.75, 3.05) is 18.5 Å². The predicted molar refractivity (Wildman–Crippen MR) is 129 cm³/mol. The van der Waals surface area contributed by atoms with Crippen LogP contribution < -0.4 is 5.32 Å². The number of hydrogen-bond donors (Lipinski definition) is 1. The first-order valence-electron chi connectivity index (χ1n) is 11.0. The zero-order valence-corrected chi connectivity index (χ0v) is 19.9. The summed E-state index contributed by atoms with van der Waals surface area (Å²) in [4.78, 5) is 17.1. The lowest BCUT2D eigenvalue weighted by atomic mass is 10.0. The fourth-order valence-corrected chi connectivity index (χ4v) is 4.20. The smallest absolute Gasteiger partial charge is 0.237 e. The second-order valence-electron chi connectivity index (χ2n) is 7.74. The summed E-state index contributed by atoms with van der Waals surface area (Å²) in [6.07, 6.45) is 4.31. The van der Waals surface area contributed by atoms with Crippen LogP contribution >= 0.6 is 11.8 Å². The van der Waals surface area contributed by atoms with E-state index < -0.39 is 0 Å². The van der Waals surface area contributed by atoms with Gasteiger partial charge in [0.05, 0.1) is 5.25 Å². The van der Waals surface area contributed by atoms with E-state index in [0.717, 1.165) is 29.1 Å². The third-order valence-electron chi connectivity index (χ3n) is 5.02. The lowest BCUT2D eigenvalue weighted by molar-refractivity contribution is -0.115. The highest BCUT2D eigenvalue weighted by atomic mass is 32.2. The van der Waals surface area contributed by atoms with Crippen molar-refractivity contribution >= 4 is 23.4 Å². The molecule has 3 rings (SSSR count). The molecule has 1 aromatic carbocycles. The molecular formula is C24H31N5O2S. The lowest BCUT2D eigenvalue weighted by Crippen LogP contribution is -2.23. The van der Waals surface area contributed by atoms with Gasteiger partial charge in [-0.1, -0.05) is 43.8 Å². The van der Waals surface area contributed by atoms with E-state index in [9.17, 15) is 4.79 Å². The highest BCUT2D eigenvalue weighted by molar-refractivity contribution is 8.00. The van der Waals surface area contributed by atoms with Crippen LogP contribution in [0.1, 0.15) is 45.6 Å². The number of hydrogen-bond acceptors (Lipinski definition) is 6. The Kier molecular flexibility index (Phi) is 8.81. The molecule has 1 amide bonds. The van der Waals surface area contributed by atoms with E-state index in [2.05, 4.69) is 38.9 Å². The number of nitrogens with zero attached hydrogens (tertiary/aromatic N) is 4. The molecule has 1 N–H and O–H groups in total. The number of pyridine rings is 1. The van der Waals surface area contributed by atoms with Crippen LogP contribution in [0.4, 0.5) is 5.69 Å². The molecule has 0 aliphatic rings. The molecule has 0 fully saturated rings. The largest absolute Gasteiger partial charge is 0.382 e. The summed E-state index contributed by atoms with van der Waals surface area (Å²) in [5.74, 6) is 1.03. The van der Waals surface area contributed by atoms with E-state index >= 15 is 0 Å². The van der Waals surface area contributed by atoms with Gasteiger partial charge in [-0.05, 0) is 49.9 Å². The standard InChI is InChI=1S/C24H31N5O2S/c1-5-31-16-8-15-29-22(19-11-13-25-14-12-19)27-28-24(29)32-18(4)23(30)26-21-10-7-6-9-20(21)17(2)3/h6-7,9-14,17-18H,5,8,15-16H2,1-4H3,(H,26,30). The summed E-state index contributed by atoms with van der Waals surface area (Å²) in [6, 6.07) is 11.8. The van der Waals surface area contributed by atoms with Crippen LogP contribution in [0.2, 0.25) is 0 Å². The first-order chi connectivity index (χ1) is 15.5. The first kappa shape index (κ1) is 23.9. The van der Waals surface area contributed by atoms with Gasteiger partial charge in [-0.25, -0.2) is 0 Å². The Balaban J connectivity index is 1.76. The molecule has 0 radical (unpaired) electrons. The number of rotatable bonds is 11. The predicted octanol–water partition coefficient (Wildman–Crippen LogP) is 5.01. The summed E-state index contributed by atoms with van der Waals surface area (Å²) in [5, 5.41) is 12.3. The zero-order chi connectivity index (χ0) is 22.9. The average molecular weight is 454 g/mol. The van der Waals surface area contributed by atoms with E-state index in [1.807, 2.05) is 50.2 Å². The van der Waals surface area contributed by atoms with Crippen LogP contribution in [0, 0.1) is 0 Å². The van der Waals surface area contributed by atoms with Gasteiger partial charge in [0.25, 0.3) is 0 Å². The van der Waals surface area contributed by atoms with E-state index in [1.54, 1.807) is 12.4 Å². The Morgan fingerprint density at radius 2 is 1.88 bits per heavy atom. The summed E-state index contributed by atoms with van der Waals surface area (Å²) in [6.45, 7) is 10.2. The van der Waals surface area contributed by atoms with Gasteiger partial charge in [0, 0.05) is 43.4 Å². The number of benzene rings is 1. The minimum atomic E-state index is -0.338. The molecule has 3 aromatic rings. The second kappa shape index (κ2) is 11.8. The van der Waals surface area contributed by atoms with Gasteiger partial charge in [-0.2, -0.15) is 0 Å². The molecular weight excluding hydrogens is 422 g/mol. The molecule has 0 saturated carbocycles. The summed E-state index contributed by atoms with van der Waals surface area (Å²) in [5.41, 5.74) is 2.92. The van der Waals surface area contributed by atoms with Gasteiger partial charge in [0.15, 0.2) is 11.0 Å². The quantitative estimate of drug-likeness (QED) is 0.325. The van der Waals surface area contributed by atoms with Gasteiger partial charge in [0.1, 0.15) is 0 Å². The Hall–Kier alpha value is -2.71. The van der Waals surface area contributed by atoms with Crippen molar-refractivity contribution in [1.82, 2.24) is 19.7 Å². The summed E-state index contributed by atoms with van der Waals surface area (Å²) >= 11 is 1.41. The Morgan fingerprint density at radius 3 is 2.59 bits per heavy atom. The van der Waals surface area contributed by atoms with Gasteiger partial charge >= 0.3 is 0 Å². The Morgan fingerprint density at radius 1 is 1.12 bits per heavy atom. The monoisotopic (exact) mass is 453 g/mol. The molecule has 0 aliphatic heterocycles. The fraction of sp³-hybridized carbons (Fsp3) is 0.417. The maximum atomic E-state index is 13.0. The molecule has 2 aromatic heterocycles. The lowest BCUT2D eigenvalue weighted by Gasteiger charge is -2.17. The van der Waals surface area contributed by atoms with Crippen LogP contribution in [0.3, 0.4) is 0 Å². The first-order valence-corrected chi connectivity index (χ1v) is 11.9. The third-order valence-corrected chi connectivity index (χ3v) is 6.10. The second-order valence-corrected chi connectivity index (χ2v) is 9.04. The molecule has 2 heterocycles. The molecule has 0 aliphatic carbocycles. The number of carbonyl (C=O) groups excluding carboxylic acids is 1. The fourth-order valence-electron chi connectivity index (χ4n) is 3.32. The Labute approximate surface area is 194 Å². The average Bonchev–Trinajstić information content (AvgIpc) is 3.19. The van der Waals surface area contributed by atoms with E-state index in [4.69, 9.17) is 4.74 Å². The minimum absolute atomic E-state index is 0.0579. The van der Waals surface area contributed by atoms with E-state index in [0.29, 0.717) is 30.8 Å². The number of anilines is 1. The van der Waals surface area contributed by atoms with Gasteiger partial charge < -0.3 is 14.6 Å². The van der Waals surface area contributed by atoms with Crippen LogP contribution in [0.5, 0.6) is 0 Å². The highest BCUT2D eigenvalue weighted by Gasteiger charge is 2.22. The minimum Gasteiger partial charge on any atom is -0.382 e. The molecule has 1 atom stereocenters. The van der Waals surface area contributed by atoms with Crippen molar-refractivity contribution in [3.05, 3.63) is 54.4 Å². The van der Waals surface area contributed by atoms with E-state index in [1.165, 1.54) is 11.8 Å². The van der Waals surface area contributed by atoms with Crippen LogP contribution in [0.15, 0.2) is 53.9 Å². The number of amides is 1. The van der Waals surface area contributed by atoms with Crippen molar-refractivity contribution < 1.29 is 9.53 Å². The molecule has 0 spiro atoms. The molecule has 32 heavy (non-hydrogen) atoms. The van der Waals surface area contributed by atoms with Gasteiger partial charge in [-0.15, -0.1) is 10.2 Å². The maximum Gasteiger partial charge on any atom is 0.237 e. The normalized spacial score (nSPS) is 12.2.